The molecular weight excluding hydrogens is 428 g/mol. The lowest BCUT2D eigenvalue weighted by Gasteiger charge is -2.20. The highest BCUT2D eigenvalue weighted by atomic mass is 35.5. The standard InChI is InChI=1S/C17H17ClN2O6S2/c1-19(8-10-4-5-15(18)27-10)16(21)9-20-17(22)11-6-12(25-2)13(26-3)7-14(11)28(20,23)24/h4-7H,8-9H2,1-3H3. The number of hydrogen-bond acceptors (Lipinski definition) is 7. The van der Waals surface area contributed by atoms with Gasteiger partial charge in [-0.25, -0.2) is 12.7 Å². The third-order valence-electron chi connectivity index (χ3n) is 4.24. The highest BCUT2D eigenvalue weighted by molar-refractivity contribution is 7.90. The number of carbonyl (C=O) groups excluding carboxylic acids is 2. The Morgan fingerprint density at radius 1 is 1.21 bits per heavy atom. The first-order valence-corrected chi connectivity index (χ1v) is 10.6. The fourth-order valence-electron chi connectivity index (χ4n) is 2.76. The summed E-state index contributed by atoms with van der Waals surface area (Å²) in [6.07, 6.45) is 0. The van der Waals surface area contributed by atoms with Crippen molar-refractivity contribution in [3.05, 3.63) is 39.0 Å². The Kier molecular flexibility index (Phi) is 5.55. The van der Waals surface area contributed by atoms with Gasteiger partial charge in [0.2, 0.25) is 5.91 Å². The van der Waals surface area contributed by atoms with E-state index < -0.39 is 28.4 Å². The Labute approximate surface area is 171 Å². The zero-order valence-corrected chi connectivity index (χ0v) is 17.7. The highest BCUT2D eigenvalue weighted by Crippen LogP contribution is 2.38. The predicted octanol–water partition coefficient (Wildman–Crippen LogP) is 2.22. The summed E-state index contributed by atoms with van der Waals surface area (Å²) in [7, 11) is 0.104. The van der Waals surface area contributed by atoms with Gasteiger partial charge in [0.15, 0.2) is 11.5 Å². The first-order valence-electron chi connectivity index (χ1n) is 8.00. The molecule has 0 saturated carbocycles. The summed E-state index contributed by atoms with van der Waals surface area (Å²) in [6.45, 7) is -0.344. The van der Waals surface area contributed by atoms with Crippen LogP contribution in [-0.4, -0.2) is 57.2 Å². The molecular formula is C17H17ClN2O6S2. The maximum Gasteiger partial charge on any atom is 0.269 e. The monoisotopic (exact) mass is 444 g/mol. The molecule has 28 heavy (non-hydrogen) atoms. The number of sulfonamides is 1. The first kappa shape index (κ1) is 20.4. The topological polar surface area (TPSA) is 93.2 Å². The lowest BCUT2D eigenvalue weighted by Crippen LogP contribution is -2.40. The van der Waals surface area contributed by atoms with Crippen molar-refractivity contribution >= 4 is 44.8 Å². The molecule has 8 nitrogen and oxygen atoms in total. The number of benzene rings is 1. The van der Waals surface area contributed by atoms with Crippen molar-refractivity contribution in [3.8, 4) is 11.5 Å². The van der Waals surface area contributed by atoms with Gasteiger partial charge in [-0.3, -0.25) is 9.59 Å². The van der Waals surface area contributed by atoms with Crippen LogP contribution in [0.25, 0.3) is 0 Å². The molecule has 0 N–H and O–H groups in total. The maximum absolute atomic E-state index is 12.8. The summed E-state index contributed by atoms with van der Waals surface area (Å²) in [4.78, 5) is 27.2. The molecule has 2 heterocycles. The van der Waals surface area contributed by atoms with Crippen LogP contribution in [-0.2, 0) is 21.4 Å². The Bertz CT molecular complexity index is 1050. The molecule has 0 saturated heterocycles. The molecule has 0 spiro atoms. The lowest BCUT2D eigenvalue weighted by atomic mass is 10.2. The zero-order valence-electron chi connectivity index (χ0n) is 15.3. The quantitative estimate of drug-likeness (QED) is 0.678. The minimum Gasteiger partial charge on any atom is -0.493 e. The average Bonchev–Trinajstić information content (AvgIpc) is 3.14. The Balaban J connectivity index is 1.84. The minimum atomic E-state index is -4.17. The van der Waals surface area contributed by atoms with Gasteiger partial charge < -0.3 is 14.4 Å². The largest absolute Gasteiger partial charge is 0.493 e. The molecule has 150 valence electrons. The van der Waals surface area contributed by atoms with Crippen molar-refractivity contribution in [3.63, 3.8) is 0 Å². The molecule has 1 aliphatic rings. The molecule has 1 aromatic heterocycles. The predicted molar refractivity (Wildman–Crippen MR) is 104 cm³/mol. The van der Waals surface area contributed by atoms with E-state index in [9.17, 15) is 18.0 Å². The second-order valence-corrected chi connectivity index (χ2v) is 9.61. The number of carbonyl (C=O) groups is 2. The fourth-order valence-corrected chi connectivity index (χ4v) is 5.42. The van der Waals surface area contributed by atoms with E-state index in [1.165, 1.54) is 49.6 Å². The van der Waals surface area contributed by atoms with Gasteiger partial charge in [-0.15, -0.1) is 11.3 Å². The summed E-state index contributed by atoms with van der Waals surface area (Å²) in [5, 5.41) is 0. The number of rotatable bonds is 6. The van der Waals surface area contributed by atoms with Crippen LogP contribution in [0.5, 0.6) is 11.5 Å². The maximum atomic E-state index is 12.8. The summed E-state index contributed by atoms with van der Waals surface area (Å²) < 4.78 is 37.0. The Morgan fingerprint density at radius 2 is 1.86 bits per heavy atom. The first-order chi connectivity index (χ1) is 13.2. The van der Waals surface area contributed by atoms with E-state index in [2.05, 4.69) is 0 Å². The third kappa shape index (κ3) is 3.54. The zero-order chi connectivity index (χ0) is 20.6. The molecule has 0 aliphatic carbocycles. The summed E-state index contributed by atoms with van der Waals surface area (Å²) in [5.74, 6) is -0.896. The molecule has 0 unspecified atom stereocenters. The second-order valence-electron chi connectivity index (χ2n) is 5.98. The number of likely N-dealkylation sites (N-methyl/N-ethyl adjacent to an activating group) is 1. The van der Waals surface area contributed by atoms with Crippen molar-refractivity contribution in [1.29, 1.82) is 0 Å². The van der Waals surface area contributed by atoms with Gasteiger partial charge in [-0.05, 0) is 18.2 Å². The number of thiophene rings is 1. The van der Waals surface area contributed by atoms with Crippen molar-refractivity contribution in [1.82, 2.24) is 9.21 Å². The number of hydrogen-bond donors (Lipinski definition) is 0. The van der Waals surface area contributed by atoms with Crippen molar-refractivity contribution < 1.29 is 27.5 Å². The van der Waals surface area contributed by atoms with Crippen LogP contribution in [0, 0.1) is 0 Å². The summed E-state index contributed by atoms with van der Waals surface area (Å²) in [6, 6.07) is 6.02. The van der Waals surface area contributed by atoms with Gasteiger partial charge in [0.1, 0.15) is 11.4 Å². The second kappa shape index (κ2) is 7.61. The van der Waals surface area contributed by atoms with Crippen molar-refractivity contribution in [2.75, 3.05) is 27.8 Å². The SMILES string of the molecule is COc1cc2c(cc1OC)S(=O)(=O)N(CC(=O)N(C)Cc1ccc(Cl)s1)C2=O. The normalized spacial score (nSPS) is 14.7. The van der Waals surface area contributed by atoms with Crippen LogP contribution in [0.4, 0.5) is 0 Å². The number of halogens is 1. The molecule has 2 aromatic rings. The van der Waals surface area contributed by atoms with Crippen molar-refractivity contribution in [2.24, 2.45) is 0 Å². The molecule has 2 amide bonds. The number of ether oxygens (including phenoxy) is 2. The fraction of sp³-hybridized carbons (Fsp3) is 0.294. The molecule has 1 aromatic carbocycles. The summed E-state index contributed by atoms with van der Waals surface area (Å²) in [5.41, 5.74) is -0.0573. The third-order valence-corrected chi connectivity index (χ3v) is 7.22. The van der Waals surface area contributed by atoms with E-state index in [0.717, 1.165) is 4.88 Å². The van der Waals surface area contributed by atoms with Gasteiger partial charge in [-0.1, -0.05) is 11.6 Å². The van der Waals surface area contributed by atoms with Crippen LogP contribution in [0.2, 0.25) is 4.34 Å². The number of fused-ring (bicyclic) bond motifs is 1. The summed E-state index contributed by atoms with van der Waals surface area (Å²) >= 11 is 7.20. The van der Waals surface area contributed by atoms with Crippen molar-refractivity contribution in [2.45, 2.75) is 11.4 Å². The van der Waals surface area contributed by atoms with E-state index in [4.69, 9.17) is 21.1 Å². The van der Waals surface area contributed by atoms with Gasteiger partial charge in [0.05, 0.1) is 30.7 Å². The molecule has 0 atom stereocenters. The Morgan fingerprint density at radius 3 is 2.43 bits per heavy atom. The molecule has 0 radical (unpaired) electrons. The molecule has 11 heteroatoms. The van der Waals surface area contributed by atoms with Crippen LogP contribution in [0.15, 0.2) is 29.2 Å². The smallest absolute Gasteiger partial charge is 0.269 e. The van der Waals surface area contributed by atoms with Crippen LogP contribution in [0.1, 0.15) is 15.2 Å². The van der Waals surface area contributed by atoms with Crippen LogP contribution in [0.3, 0.4) is 0 Å². The van der Waals surface area contributed by atoms with E-state index in [1.54, 1.807) is 12.1 Å². The van der Waals surface area contributed by atoms with Crippen LogP contribution < -0.4 is 9.47 Å². The number of amides is 2. The molecule has 0 fully saturated rings. The van der Waals surface area contributed by atoms with E-state index in [1.807, 2.05) is 0 Å². The number of nitrogens with zero attached hydrogens (tertiary/aromatic N) is 2. The Hall–Kier alpha value is -2.30. The van der Waals surface area contributed by atoms with E-state index >= 15 is 0 Å². The molecule has 1 aliphatic heterocycles. The van der Waals surface area contributed by atoms with Gasteiger partial charge in [0, 0.05) is 18.0 Å². The van der Waals surface area contributed by atoms with Crippen LogP contribution >= 0.6 is 22.9 Å². The van der Waals surface area contributed by atoms with E-state index in [-0.39, 0.29) is 28.5 Å². The number of methoxy groups -OCH3 is 2. The molecule has 3 rings (SSSR count). The minimum absolute atomic E-state index is 0.0573. The van der Waals surface area contributed by atoms with Gasteiger partial charge in [-0.2, -0.15) is 0 Å². The van der Waals surface area contributed by atoms with Gasteiger partial charge >= 0.3 is 0 Å². The average molecular weight is 445 g/mol. The lowest BCUT2D eigenvalue weighted by molar-refractivity contribution is -0.130. The van der Waals surface area contributed by atoms with Gasteiger partial charge in [0.25, 0.3) is 15.9 Å². The van der Waals surface area contributed by atoms with E-state index in [0.29, 0.717) is 8.64 Å². The highest BCUT2D eigenvalue weighted by Gasteiger charge is 2.43. The molecule has 0 bridgehead atoms.